The predicted molar refractivity (Wildman–Crippen MR) is 153 cm³/mol. The van der Waals surface area contributed by atoms with E-state index in [0.29, 0.717) is 57.0 Å². The highest BCUT2D eigenvalue weighted by Gasteiger charge is 2.19. The first-order chi connectivity index (χ1) is 18.8. The molecule has 4 rings (SSSR count). The third-order valence-electron chi connectivity index (χ3n) is 5.62. The average molecular weight is 586 g/mol. The Balaban J connectivity index is 1.52. The number of carbonyl (C=O) groups is 1. The maximum Gasteiger partial charge on any atom is 0.342 e. The van der Waals surface area contributed by atoms with E-state index in [1.807, 2.05) is 29.7 Å². The second-order valence-electron chi connectivity index (χ2n) is 8.17. The summed E-state index contributed by atoms with van der Waals surface area (Å²) in [7, 11) is 3.14. The van der Waals surface area contributed by atoms with Crippen molar-refractivity contribution in [2.24, 2.45) is 0 Å². The molecule has 0 aliphatic carbocycles. The van der Waals surface area contributed by atoms with Gasteiger partial charge in [-0.3, -0.25) is 0 Å². The zero-order chi connectivity index (χ0) is 27.9. The largest absolute Gasteiger partial charge is 0.497 e. The van der Waals surface area contributed by atoms with Gasteiger partial charge in [-0.2, -0.15) is 0 Å². The van der Waals surface area contributed by atoms with Crippen LogP contribution in [-0.2, 0) is 17.9 Å². The number of hydrogen-bond acceptors (Lipinski definition) is 7. The van der Waals surface area contributed by atoms with E-state index in [2.05, 4.69) is 10.2 Å². The lowest BCUT2D eigenvalue weighted by atomic mass is 10.2. The van der Waals surface area contributed by atoms with Crippen molar-refractivity contribution >= 4 is 47.0 Å². The molecular weight excluding hydrogens is 561 g/mol. The van der Waals surface area contributed by atoms with E-state index in [1.165, 1.54) is 0 Å². The van der Waals surface area contributed by atoms with Crippen LogP contribution in [0.5, 0.6) is 17.2 Å². The zero-order valence-electron chi connectivity index (χ0n) is 21.4. The Morgan fingerprint density at radius 1 is 0.949 bits per heavy atom. The lowest BCUT2D eigenvalue weighted by Crippen LogP contribution is -2.03. The number of carboxylic acids is 1. The summed E-state index contributed by atoms with van der Waals surface area (Å²) in [6.45, 7) is 2.79. The Labute approximate surface area is 240 Å². The normalized spacial score (nSPS) is 11.4. The minimum atomic E-state index is -1.07. The lowest BCUT2D eigenvalue weighted by Gasteiger charge is -2.10. The van der Waals surface area contributed by atoms with Crippen molar-refractivity contribution in [1.29, 1.82) is 0 Å². The molecule has 8 nitrogen and oxygen atoms in total. The fraction of sp³-hybridized carbons (Fsp3) is 0.179. The van der Waals surface area contributed by atoms with E-state index < -0.39 is 5.97 Å². The first-order valence-corrected chi connectivity index (χ1v) is 13.3. The number of nitrogens with zero attached hydrogens (tertiary/aromatic N) is 3. The van der Waals surface area contributed by atoms with Gasteiger partial charge in [-0.25, -0.2) is 4.79 Å². The number of rotatable bonds is 11. The maximum atomic E-state index is 12.1. The third-order valence-corrected chi connectivity index (χ3v) is 7.36. The number of aliphatic carboxylic acids is 1. The molecule has 202 valence electrons. The van der Waals surface area contributed by atoms with Gasteiger partial charge in [0.15, 0.2) is 11.0 Å². The standard InChI is InChI=1S/C28H25Cl2N3O5S/c1-4-33-26(19-13-21(36-2)15-22(14-19)37-3)31-32-28(33)39-25(27(34)35)12-17-5-8-20(9-6-17)38-16-18-7-10-23(29)24(30)11-18/h5-15H,4,16H2,1-3H3,(H,34,35)/b25-12-. The average Bonchev–Trinajstić information content (AvgIpc) is 3.36. The van der Waals surface area contributed by atoms with Crippen molar-refractivity contribution in [1.82, 2.24) is 14.8 Å². The summed E-state index contributed by atoms with van der Waals surface area (Å²) in [6, 6.07) is 17.8. The topological polar surface area (TPSA) is 95.7 Å². The molecule has 1 aromatic heterocycles. The van der Waals surface area contributed by atoms with Crippen LogP contribution in [0.15, 0.2) is 70.7 Å². The smallest absolute Gasteiger partial charge is 0.342 e. The quantitative estimate of drug-likeness (QED) is 0.147. The summed E-state index contributed by atoms with van der Waals surface area (Å²) in [6.07, 6.45) is 1.58. The Hall–Kier alpha value is -3.66. The number of benzene rings is 3. The second kappa shape index (κ2) is 12.9. The van der Waals surface area contributed by atoms with E-state index in [0.717, 1.165) is 22.9 Å². The first kappa shape index (κ1) is 28.4. The number of halogens is 2. The van der Waals surface area contributed by atoms with E-state index in [4.69, 9.17) is 37.4 Å². The molecule has 0 saturated heterocycles. The molecule has 1 N–H and O–H groups in total. The Morgan fingerprint density at radius 2 is 1.64 bits per heavy atom. The van der Waals surface area contributed by atoms with Crippen molar-refractivity contribution in [2.45, 2.75) is 25.2 Å². The minimum Gasteiger partial charge on any atom is -0.497 e. The van der Waals surface area contributed by atoms with Gasteiger partial charge in [-0.1, -0.05) is 41.4 Å². The molecule has 0 amide bonds. The van der Waals surface area contributed by atoms with Crippen LogP contribution in [0.25, 0.3) is 17.5 Å². The van der Waals surface area contributed by atoms with Gasteiger partial charge in [0.2, 0.25) is 0 Å². The Kier molecular flexibility index (Phi) is 9.40. The molecule has 0 atom stereocenters. The molecule has 0 fully saturated rings. The highest BCUT2D eigenvalue weighted by Crippen LogP contribution is 2.33. The first-order valence-electron chi connectivity index (χ1n) is 11.8. The van der Waals surface area contributed by atoms with Crippen LogP contribution in [0, 0.1) is 0 Å². The number of hydrogen-bond donors (Lipinski definition) is 1. The van der Waals surface area contributed by atoms with Crippen LogP contribution < -0.4 is 14.2 Å². The molecule has 11 heteroatoms. The Morgan fingerprint density at radius 3 is 2.23 bits per heavy atom. The summed E-state index contributed by atoms with van der Waals surface area (Å²) in [5.74, 6) is 1.35. The van der Waals surface area contributed by atoms with E-state index in [9.17, 15) is 9.90 Å². The molecule has 4 aromatic rings. The molecule has 1 heterocycles. The fourth-order valence-electron chi connectivity index (χ4n) is 3.64. The fourth-order valence-corrected chi connectivity index (χ4v) is 4.85. The van der Waals surface area contributed by atoms with Gasteiger partial charge < -0.3 is 23.9 Å². The van der Waals surface area contributed by atoms with Crippen molar-refractivity contribution < 1.29 is 24.1 Å². The molecule has 0 spiro atoms. The summed E-state index contributed by atoms with van der Waals surface area (Å²) < 4.78 is 18.4. The van der Waals surface area contributed by atoms with E-state index in [1.54, 1.807) is 62.8 Å². The summed E-state index contributed by atoms with van der Waals surface area (Å²) >= 11 is 13.0. The predicted octanol–water partition coefficient (Wildman–Crippen LogP) is 7.09. The molecule has 3 aromatic carbocycles. The van der Waals surface area contributed by atoms with E-state index >= 15 is 0 Å². The van der Waals surface area contributed by atoms with Gasteiger partial charge in [-0.15, -0.1) is 10.2 Å². The van der Waals surface area contributed by atoms with E-state index in [-0.39, 0.29) is 4.91 Å². The van der Waals surface area contributed by atoms with Gasteiger partial charge in [0.1, 0.15) is 28.8 Å². The number of thioether (sulfide) groups is 1. The molecular formula is C28H25Cl2N3O5S. The molecule has 0 saturated carbocycles. The van der Waals surface area contributed by atoms with Crippen LogP contribution in [0.3, 0.4) is 0 Å². The maximum absolute atomic E-state index is 12.1. The molecule has 0 radical (unpaired) electrons. The van der Waals surface area contributed by atoms with Crippen LogP contribution in [0.2, 0.25) is 10.0 Å². The Bertz CT molecular complexity index is 1480. The minimum absolute atomic E-state index is 0.0938. The van der Waals surface area contributed by atoms with Crippen molar-refractivity contribution in [3.63, 3.8) is 0 Å². The van der Waals surface area contributed by atoms with Crippen molar-refractivity contribution in [3.8, 4) is 28.6 Å². The summed E-state index contributed by atoms with van der Waals surface area (Å²) in [5.41, 5.74) is 2.32. The lowest BCUT2D eigenvalue weighted by molar-refractivity contribution is -0.131. The summed E-state index contributed by atoms with van der Waals surface area (Å²) in [5, 5.41) is 19.9. The molecule has 0 unspecified atom stereocenters. The van der Waals surface area contributed by atoms with Crippen LogP contribution >= 0.6 is 35.0 Å². The van der Waals surface area contributed by atoms with Gasteiger partial charge in [0.05, 0.1) is 24.3 Å². The van der Waals surface area contributed by atoms with Crippen molar-refractivity contribution in [3.05, 3.63) is 86.7 Å². The zero-order valence-corrected chi connectivity index (χ0v) is 23.7. The monoisotopic (exact) mass is 585 g/mol. The number of aromatic nitrogens is 3. The third kappa shape index (κ3) is 7.06. The van der Waals surface area contributed by atoms with Crippen LogP contribution in [0.1, 0.15) is 18.1 Å². The number of ether oxygens (including phenoxy) is 3. The molecule has 0 bridgehead atoms. The highest BCUT2D eigenvalue weighted by atomic mass is 35.5. The van der Waals surface area contributed by atoms with Crippen molar-refractivity contribution in [2.75, 3.05) is 14.2 Å². The number of methoxy groups -OCH3 is 2. The van der Waals surface area contributed by atoms with Gasteiger partial charge >= 0.3 is 5.97 Å². The molecule has 39 heavy (non-hydrogen) atoms. The highest BCUT2D eigenvalue weighted by molar-refractivity contribution is 8.04. The van der Waals surface area contributed by atoms with Gasteiger partial charge in [0.25, 0.3) is 0 Å². The number of carboxylic acid groups (broad SMARTS) is 1. The molecule has 0 aliphatic heterocycles. The van der Waals surface area contributed by atoms with Gasteiger partial charge in [0, 0.05) is 18.2 Å². The second-order valence-corrected chi connectivity index (χ2v) is 10.00. The van der Waals surface area contributed by atoms with Crippen LogP contribution in [-0.4, -0.2) is 40.1 Å². The molecule has 0 aliphatic rings. The van der Waals surface area contributed by atoms with Gasteiger partial charge in [-0.05, 0) is 72.3 Å². The SMILES string of the molecule is CCn1c(S/C(=C\c2ccc(OCc3ccc(Cl)c(Cl)c3)cc2)C(=O)O)nnc1-c1cc(OC)cc(OC)c1. The summed E-state index contributed by atoms with van der Waals surface area (Å²) in [4.78, 5) is 12.2. The van der Waals surface area contributed by atoms with Crippen LogP contribution in [0.4, 0.5) is 0 Å².